The van der Waals surface area contributed by atoms with Gasteiger partial charge in [-0.25, -0.2) is 9.59 Å². The van der Waals surface area contributed by atoms with Gasteiger partial charge in [0.15, 0.2) is 6.61 Å². The highest BCUT2D eigenvalue weighted by molar-refractivity contribution is 5.99. The van der Waals surface area contributed by atoms with Crippen molar-refractivity contribution in [1.82, 2.24) is 10.6 Å². The second kappa shape index (κ2) is 8.89. The van der Waals surface area contributed by atoms with Gasteiger partial charge in [-0.05, 0) is 37.7 Å². The maximum Gasteiger partial charge on any atom is 0.341 e. The lowest BCUT2D eigenvalue weighted by Gasteiger charge is -2.33. The molecule has 1 aliphatic heterocycles. The van der Waals surface area contributed by atoms with E-state index >= 15 is 0 Å². The number of nitro groups is 1. The minimum Gasteiger partial charge on any atom is -0.452 e. The fraction of sp³-hybridized carbons (Fsp3) is 0.526. The molecule has 0 atom stereocenters. The predicted molar refractivity (Wildman–Crippen MR) is 104 cm³/mol. The van der Waals surface area contributed by atoms with Gasteiger partial charge in [-0.15, -0.1) is 0 Å². The molecule has 1 heterocycles. The number of imide groups is 1. The molecule has 2 fully saturated rings. The number of hydrogen-bond acceptors (Lipinski definition) is 7. The summed E-state index contributed by atoms with van der Waals surface area (Å²) in [5, 5.41) is 15.8. The van der Waals surface area contributed by atoms with Crippen LogP contribution in [-0.2, 0) is 9.53 Å². The number of nitro benzene ring substituents is 1. The second-order valence-electron chi connectivity index (χ2n) is 7.50. The number of piperidine rings is 1. The number of hydrogen-bond donors (Lipinski definition) is 2. The summed E-state index contributed by atoms with van der Waals surface area (Å²) in [5.41, 5.74) is 0.336. The maximum atomic E-state index is 12.6. The van der Waals surface area contributed by atoms with Crippen molar-refractivity contribution in [3.05, 3.63) is 33.9 Å². The number of anilines is 1. The van der Waals surface area contributed by atoms with Crippen LogP contribution in [0.5, 0.6) is 0 Å². The Morgan fingerprint density at radius 3 is 2.52 bits per heavy atom. The molecule has 1 saturated heterocycles. The molecule has 0 radical (unpaired) electrons. The molecule has 1 aliphatic carbocycles. The van der Waals surface area contributed by atoms with E-state index in [2.05, 4.69) is 17.6 Å². The minimum absolute atomic E-state index is 0.0315. The van der Waals surface area contributed by atoms with E-state index in [1.54, 1.807) is 0 Å². The van der Waals surface area contributed by atoms with Crippen molar-refractivity contribution in [2.45, 2.75) is 38.6 Å². The number of non-ortho nitro benzene ring substituents is 1. The molecule has 156 valence electrons. The van der Waals surface area contributed by atoms with Crippen LogP contribution in [0.25, 0.3) is 0 Å². The van der Waals surface area contributed by atoms with Gasteiger partial charge in [-0.3, -0.25) is 20.2 Å². The number of ether oxygens (including phenoxy) is 1. The highest BCUT2D eigenvalue weighted by Crippen LogP contribution is 2.29. The molecule has 0 unspecified atom stereocenters. The van der Waals surface area contributed by atoms with E-state index in [4.69, 9.17) is 4.74 Å². The topological polar surface area (TPSA) is 131 Å². The highest BCUT2D eigenvalue weighted by Gasteiger charge is 2.26. The summed E-state index contributed by atoms with van der Waals surface area (Å²) in [6.07, 6.45) is 3.65. The van der Waals surface area contributed by atoms with Crippen LogP contribution >= 0.6 is 0 Å². The van der Waals surface area contributed by atoms with Gasteiger partial charge in [0.2, 0.25) is 0 Å². The monoisotopic (exact) mass is 404 g/mol. The number of carbonyl (C=O) groups is 3. The predicted octanol–water partition coefficient (Wildman–Crippen LogP) is 1.98. The van der Waals surface area contributed by atoms with Crippen LogP contribution in [0.15, 0.2) is 18.2 Å². The van der Waals surface area contributed by atoms with E-state index in [-0.39, 0.29) is 17.3 Å². The zero-order valence-corrected chi connectivity index (χ0v) is 16.2. The molecule has 2 N–H and O–H groups in total. The van der Waals surface area contributed by atoms with Crippen LogP contribution in [-0.4, -0.2) is 48.6 Å². The first kappa shape index (κ1) is 20.6. The fourth-order valence-corrected chi connectivity index (χ4v) is 3.15. The number of rotatable bonds is 6. The molecule has 10 nitrogen and oxygen atoms in total. The first-order valence-corrected chi connectivity index (χ1v) is 9.64. The van der Waals surface area contributed by atoms with Gasteiger partial charge in [-0.1, -0.05) is 6.92 Å². The molecule has 1 saturated carbocycles. The first-order chi connectivity index (χ1) is 13.8. The van der Waals surface area contributed by atoms with Gasteiger partial charge in [0.1, 0.15) is 0 Å². The molecule has 2 aliphatic rings. The summed E-state index contributed by atoms with van der Waals surface area (Å²) in [4.78, 5) is 48.5. The van der Waals surface area contributed by atoms with E-state index in [1.165, 1.54) is 12.1 Å². The van der Waals surface area contributed by atoms with Crippen molar-refractivity contribution in [2.24, 2.45) is 5.92 Å². The standard InChI is InChI=1S/C19H24N4O6/c1-12-6-8-22(9-7-12)16-5-4-14(23(27)28)10-15(16)18(25)29-11-17(24)21-19(26)20-13-2-3-13/h4-5,10,12-13H,2-3,6-9,11H2,1H3,(H2,20,21,24,26). The normalized spacial score (nSPS) is 16.8. The summed E-state index contributed by atoms with van der Waals surface area (Å²) in [6, 6.07) is 3.50. The average molecular weight is 404 g/mol. The van der Waals surface area contributed by atoms with Gasteiger partial charge in [0.25, 0.3) is 11.6 Å². The molecule has 0 aromatic heterocycles. The SMILES string of the molecule is CC1CCN(c2ccc([N+](=O)[O-])cc2C(=O)OCC(=O)NC(=O)NC2CC2)CC1. The lowest BCUT2D eigenvalue weighted by molar-refractivity contribution is -0.384. The van der Waals surface area contributed by atoms with Crippen molar-refractivity contribution in [1.29, 1.82) is 0 Å². The van der Waals surface area contributed by atoms with E-state index in [0.717, 1.165) is 44.8 Å². The van der Waals surface area contributed by atoms with E-state index in [9.17, 15) is 24.5 Å². The van der Waals surface area contributed by atoms with Gasteiger partial charge >= 0.3 is 12.0 Å². The number of benzene rings is 1. The number of esters is 1. The summed E-state index contributed by atoms with van der Waals surface area (Å²) < 4.78 is 5.02. The van der Waals surface area contributed by atoms with Crippen LogP contribution in [0.1, 0.15) is 43.0 Å². The van der Waals surface area contributed by atoms with Crippen molar-refractivity contribution in [2.75, 3.05) is 24.6 Å². The Balaban J connectivity index is 1.66. The fourth-order valence-electron chi connectivity index (χ4n) is 3.15. The van der Waals surface area contributed by atoms with Crippen molar-refractivity contribution < 1.29 is 24.0 Å². The van der Waals surface area contributed by atoms with Crippen LogP contribution < -0.4 is 15.5 Å². The van der Waals surface area contributed by atoms with E-state index < -0.39 is 29.4 Å². The average Bonchev–Trinajstić information content (AvgIpc) is 3.50. The molecule has 29 heavy (non-hydrogen) atoms. The van der Waals surface area contributed by atoms with Crippen molar-refractivity contribution >= 4 is 29.3 Å². The molecule has 0 spiro atoms. The van der Waals surface area contributed by atoms with Crippen LogP contribution in [0.2, 0.25) is 0 Å². The molecule has 1 aromatic rings. The highest BCUT2D eigenvalue weighted by atomic mass is 16.6. The zero-order chi connectivity index (χ0) is 21.0. The third kappa shape index (κ3) is 5.66. The van der Waals surface area contributed by atoms with Crippen LogP contribution in [0.4, 0.5) is 16.2 Å². The summed E-state index contributed by atoms with van der Waals surface area (Å²) in [6.45, 7) is 2.94. The lowest BCUT2D eigenvalue weighted by Crippen LogP contribution is -2.42. The summed E-state index contributed by atoms with van der Waals surface area (Å²) in [5.74, 6) is -1.04. The Morgan fingerprint density at radius 1 is 1.21 bits per heavy atom. The number of nitrogens with zero attached hydrogens (tertiary/aromatic N) is 2. The molecule has 10 heteroatoms. The van der Waals surface area contributed by atoms with E-state index in [1.807, 2.05) is 4.90 Å². The van der Waals surface area contributed by atoms with Crippen molar-refractivity contribution in [3.8, 4) is 0 Å². The number of urea groups is 1. The first-order valence-electron chi connectivity index (χ1n) is 9.64. The zero-order valence-electron chi connectivity index (χ0n) is 16.2. The lowest BCUT2D eigenvalue weighted by atomic mass is 9.98. The smallest absolute Gasteiger partial charge is 0.341 e. The minimum atomic E-state index is -0.847. The van der Waals surface area contributed by atoms with Gasteiger partial charge in [-0.2, -0.15) is 0 Å². The third-order valence-corrected chi connectivity index (χ3v) is 5.04. The summed E-state index contributed by atoms with van der Waals surface area (Å²) in [7, 11) is 0. The Hall–Kier alpha value is -3.17. The Labute approximate surface area is 167 Å². The molecule has 3 rings (SSSR count). The second-order valence-corrected chi connectivity index (χ2v) is 7.50. The largest absolute Gasteiger partial charge is 0.452 e. The van der Waals surface area contributed by atoms with Crippen molar-refractivity contribution in [3.63, 3.8) is 0 Å². The third-order valence-electron chi connectivity index (χ3n) is 5.04. The molecule has 0 bridgehead atoms. The Morgan fingerprint density at radius 2 is 1.90 bits per heavy atom. The van der Waals surface area contributed by atoms with E-state index in [0.29, 0.717) is 11.6 Å². The number of nitrogens with one attached hydrogen (secondary N) is 2. The number of carbonyl (C=O) groups excluding carboxylic acids is 3. The maximum absolute atomic E-state index is 12.6. The number of amides is 3. The molecule has 3 amide bonds. The quantitative estimate of drug-likeness (QED) is 0.421. The van der Waals surface area contributed by atoms with Gasteiger partial charge in [0.05, 0.1) is 16.2 Å². The molecule has 1 aromatic carbocycles. The summed E-state index contributed by atoms with van der Waals surface area (Å²) >= 11 is 0. The molecular weight excluding hydrogens is 380 g/mol. The Kier molecular flexibility index (Phi) is 6.30. The Bertz CT molecular complexity index is 815. The molecular formula is C19H24N4O6. The van der Waals surface area contributed by atoms with Gasteiger partial charge in [0, 0.05) is 31.3 Å². The van der Waals surface area contributed by atoms with Gasteiger partial charge < -0.3 is 15.0 Å². The van der Waals surface area contributed by atoms with Crippen LogP contribution in [0.3, 0.4) is 0 Å². The van der Waals surface area contributed by atoms with Crippen LogP contribution in [0, 0.1) is 16.0 Å².